The largest absolute Gasteiger partial charge is 0.457 e. The van der Waals surface area contributed by atoms with Crippen LogP contribution in [0.1, 0.15) is 11.5 Å². The van der Waals surface area contributed by atoms with Crippen molar-refractivity contribution in [3.63, 3.8) is 0 Å². The highest BCUT2D eigenvalue weighted by Gasteiger charge is 2.17. The van der Waals surface area contributed by atoms with Crippen LogP contribution >= 0.6 is 0 Å². The predicted octanol–water partition coefficient (Wildman–Crippen LogP) is 5.29. The van der Waals surface area contributed by atoms with Gasteiger partial charge >= 0.3 is 0 Å². The molecule has 0 aliphatic heterocycles. The Hall–Kier alpha value is -2.62. The lowest BCUT2D eigenvalue weighted by atomic mass is 10.2. The van der Waals surface area contributed by atoms with E-state index >= 15 is 0 Å². The van der Waals surface area contributed by atoms with Gasteiger partial charge in [-0.15, -0.1) is 0 Å². The molecule has 5 rings (SSSR count). The lowest BCUT2D eigenvalue weighted by molar-refractivity contribution is 0.580. The Bertz CT molecular complexity index is 1030. The highest BCUT2D eigenvalue weighted by Crippen LogP contribution is 2.38. The van der Waals surface area contributed by atoms with E-state index in [1.807, 2.05) is 38.1 Å². The van der Waals surface area contributed by atoms with Crippen molar-refractivity contribution in [2.24, 2.45) is 0 Å². The molecular formula is C16H10O4. The van der Waals surface area contributed by atoms with Crippen LogP contribution in [0.4, 0.5) is 0 Å². The Morgan fingerprint density at radius 2 is 1.05 bits per heavy atom. The van der Waals surface area contributed by atoms with Crippen LogP contribution in [0, 0.1) is 13.8 Å². The van der Waals surface area contributed by atoms with Crippen LogP contribution in [0.15, 0.2) is 41.9 Å². The molecule has 5 aromatic rings. The molecule has 0 fully saturated rings. The van der Waals surface area contributed by atoms with E-state index in [9.17, 15) is 0 Å². The second-order valence-corrected chi connectivity index (χ2v) is 5.15. The van der Waals surface area contributed by atoms with E-state index < -0.39 is 0 Å². The van der Waals surface area contributed by atoms with Crippen LogP contribution in [0.3, 0.4) is 0 Å². The van der Waals surface area contributed by atoms with Crippen LogP contribution in [0.25, 0.3) is 44.3 Å². The first-order valence-electron chi connectivity index (χ1n) is 6.44. The van der Waals surface area contributed by atoms with E-state index in [4.69, 9.17) is 17.7 Å². The van der Waals surface area contributed by atoms with Gasteiger partial charge in [0.2, 0.25) is 0 Å². The van der Waals surface area contributed by atoms with Crippen molar-refractivity contribution >= 4 is 44.3 Å². The first-order chi connectivity index (χ1) is 9.69. The minimum atomic E-state index is 0.761. The molecule has 4 heterocycles. The Balaban J connectivity index is 2.02. The van der Waals surface area contributed by atoms with Gasteiger partial charge in [0.25, 0.3) is 0 Å². The van der Waals surface area contributed by atoms with Gasteiger partial charge in [0.1, 0.15) is 22.7 Å². The lowest BCUT2D eigenvalue weighted by Crippen LogP contribution is -1.68. The first-order valence-corrected chi connectivity index (χ1v) is 6.44. The average Bonchev–Trinajstić information content (AvgIpc) is 3.06. The predicted molar refractivity (Wildman–Crippen MR) is 75.0 cm³/mol. The van der Waals surface area contributed by atoms with Gasteiger partial charge in [-0.2, -0.15) is 0 Å². The van der Waals surface area contributed by atoms with E-state index in [0.29, 0.717) is 0 Å². The van der Waals surface area contributed by atoms with Gasteiger partial charge in [-0.3, -0.25) is 0 Å². The maximum atomic E-state index is 5.79. The van der Waals surface area contributed by atoms with Crippen molar-refractivity contribution in [3.05, 3.63) is 35.8 Å². The van der Waals surface area contributed by atoms with Gasteiger partial charge in [0, 0.05) is 18.2 Å². The fourth-order valence-corrected chi connectivity index (χ4v) is 2.83. The van der Waals surface area contributed by atoms with E-state index in [-0.39, 0.29) is 0 Å². The van der Waals surface area contributed by atoms with Crippen LogP contribution in [-0.4, -0.2) is 0 Å². The highest BCUT2D eigenvalue weighted by molar-refractivity contribution is 6.12. The molecule has 98 valence electrons. The molecule has 0 N–H and O–H groups in total. The number of fused-ring (bicyclic) bond motifs is 6. The molecule has 1 aromatic carbocycles. The highest BCUT2D eigenvalue weighted by atomic mass is 16.4. The fraction of sp³-hybridized carbons (Fsp3) is 0.125. The van der Waals surface area contributed by atoms with E-state index in [2.05, 4.69) is 0 Å². The fourth-order valence-electron chi connectivity index (χ4n) is 2.83. The van der Waals surface area contributed by atoms with Gasteiger partial charge in [-0.05, 0) is 19.9 Å². The van der Waals surface area contributed by atoms with E-state index in [1.165, 1.54) is 0 Å². The Kier molecular flexibility index (Phi) is 1.58. The van der Waals surface area contributed by atoms with Crippen molar-refractivity contribution in [2.45, 2.75) is 13.8 Å². The summed E-state index contributed by atoms with van der Waals surface area (Å²) >= 11 is 0. The molecule has 0 aliphatic rings. The first kappa shape index (κ1) is 10.2. The van der Waals surface area contributed by atoms with Gasteiger partial charge in [0.15, 0.2) is 22.3 Å². The Labute approximate surface area is 112 Å². The monoisotopic (exact) mass is 266 g/mol. The van der Waals surface area contributed by atoms with Crippen molar-refractivity contribution < 1.29 is 17.7 Å². The van der Waals surface area contributed by atoms with Crippen LogP contribution in [0.5, 0.6) is 0 Å². The van der Waals surface area contributed by atoms with Crippen molar-refractivity contribution in [3.8, 4) is 0 Å². The number of furan rings is 4. The van der Waals surface area contributed by atoms with Crippen molar-refractivity contribution in [1.82, 2.24) is 0 Å². The summed E-state index contributed by atoms with van der Waals surface area (Å²) in [5, 5.41) is 1.88. The molecule has 0 amide bonds. The molecule has 4 nitrogen and oxygen atoms in total. The average molecular weight is 266 g/mol. The van der Waals surface area contributed by atoms with Crippen LogP contribution in [-0.2, 0) is 0 Å². The summed E-state index contributed by atoms with van der Waals surface area (Å²) in [5.41, 5.74) is 4.60. The molecule has 4 heteroatoms. The van der Waals surface area contributed by atoms with Gasteiger partial charge in [-0.25, -0.2) is 0 Å². The molecular weight excluding hydrogens is 256 g/mol. The minimum Gasteiger partial charge on any atom is -0.457 e. The van der Waals surface area contributed by atoms with Crippen molar-refractivity contribution in [1.29, 1.82) is 0 Å². The zero-order chi connectivity index (χ0) is 13.4. The topological polar surface area (TPSA) is 52.6 Å². The van der Waals surface area contributed by atoms with Gasteiger partial charge in [0.05, 0.1) is 10.8 Å². The number of aryl methyl sites for hydroxylation is 2. The molecule has 0 bridgehead atoms. The second kappa shape index (κ2) is 3.10. The second-order valence-electron chi connectivity index (χ2n) is 5.15. The molecule has 0 radical (unpaired) electrons. The molecule has 0 spiro atoms. The molecule has 0 saturated heterocycles. The summed E-state index contributed by atoms with van der Waals surface area (Å²) in [4.78, 5) is 0. The Morgan fingerprint density at radius 3 is 1.55 bits per heavy atom. The zero-order valence-corrected chi connectivity index (χ0v) is 10.9. The molecule has 0 atom stereocenters. The molecule has 20 heavy (non-hydrogen) atoms. The molecule has 0 unspecified atom stereocenters. The third-order valence-electron chi connectivity index (χ3n) is 3.65. The maximum Gasteiger partial charge on any atom is 0.180 e. The standard InChI is InChI=1S/C16H10O4/c1-7-3-13-15(17-7)9-5-10-12(6-11(9)19-13)20-14-4-8(2)18-16(10)14/h3-6H,1-2H3. The summed E-state index contributed by atoms with van der Waals surface area (Å²) in [6.45, 7) is 3.82. The summed E-state index contributed by atoms with van der Waals surface area (Å²) in [6, 6.07) is 7.68. The SMILES string of the molecule is Cc1cc2oc3cc4oc5cc(C)oc5c4cc3c2o1. The Morgan fingerprint density at radius 1 is 0.550 bits per heavy atom. The summed E-state index contributed by atoms with van der Waals surface area (Å²) < 4.78 is 23.0. The van der Waals surface area contributed by atoms with E-state index in [1.54, 1.807) is 0 Å². The zero-order valence-electron chi connectivity index (χ0n) is 10.9. The van der Waals surface area contributed by atoms with Crippen molar-refractivity contribution in [2.75, 3.05) is 0 Å². The minimum absolute atomic E-state index is 0.761. The molecule has 0 aliphatic carbocycles. The van der Waals surface area contributed by atoms with Gasteiger partial charge < -0.3 is 17.7 Å². The van der Waals surface area contributed by atoms with Crippen LogP contribution < -0.4 is 0 Å². The number of hydrogen-bond acceptors (Lipinski definition) is 4. The normalized spacial score (nSPS) is 12.5. The summed E-state index contributed by atoms with van der Waals surface area (Å²) in [7, 11) is 0. The van der Waals surface area contributed by atoms with Crippen LogP contribution in [0.2, 0.25) is 0 Å². The number of rotatable bonds is 0. The number of benzene rings is 1. The maximum absolute atomic E-state index is 5.79. The number of hydrogen-bond donors (Lipinski definition) is 0. The lowest BCUT2D eigenvalue weighted by Gasteiger charge is -1.90. The third kappa shape index (κ3) is 1.12. The third-order valence-corrected chi connectivity index (χ3v) is 3.65. The molecule has 4 aromatic heterocycles. The van der Waals surface area contributed by atoms with E-state index in [0.717, 1.165) is 55.8 Å². The summed E-state index contributed by atoms with van der Waals surface area (Å²) in [6.07, 6.45) is 0. The smallest absolute Gasteiger partial charge is 0.180 e. The van der Waals surface area contributed by atoms with Gasteiger partial charge in [-0.1, -0.05) is 0 Å². The quantitative estimate of drug-likeness (QED) is 0.382. The molecule has 0 saturated carbocycles. The summed E-state index contributed by atoms with van der Waals surface area (Å²) in [5.74, 6) is 1.68.